The number of alkyl carbamates (subject to hydrolysis) is 1. The molecular weight excluding hydrogens is 354 g/mol. The number of carbonyl (C=O) groups excluding carboxylic acids is 2. The number of hydrogen-bond acceptors (Lipinski definition) is 5. The number of amides is 2. The maximum atomic E-state index is 12.0. The molecule has 0 heterocycles. The van der Waals surface area contributed by atoms with Crippen molar-refractivity contribution in [2.75, 3.05) is 5.32 Å². The summed E-state index contributed by atoms with van der Waals surface area (Å²) in [6.07, 6.45) is -1.73. The Morgan fingerprint density at radius 3 is 1.89 bits per heavy atom. The molecule has 9 nitrogen and oxygen atoms in total. The molecule has 2 amide bonds. The first-order chi connectivity index (χ1) is 12.2. The summed E-state index contributed by atoms with van der Waals surface area (Å²) in [5.41, 5.74) is -1.02. The minimum absolute atomic E-state index is 0.0892. The number of benzene rings is 1. The third-order valence-electron chi connectivity index (χ3n) is 2.61. The fourth-order valence-corrected chi connectivity index (χ4v) is 1.70. The average molecular weight is 379 g/mol. The summed E-state index contributed by atoms with van der Waals surface area (Å²) in [7, 11) is 0. The van der Waals surface area contributed by atoms with Crippen LogP contribution in [-0.4, -0.2) is 40.4 Å². The van der Waals surface area contributed by atoms with Gasteiger partial charge in [0.25, 0.3) is 0 Å². The van der Waals surface area contributed by atoms with E-state index in [4.69, 9.17) is 14.6 Å². The van der Waals surface area contributed by atoms with Gasteiger partial charge in [-0.15, -0.1) is 4.99 Å². The molecule has 3 N–H and O–H groups in total. The molecule has 1 aromatic rings. The Balaban J connectivity index is 3.00. The number of aliphatic imine (C=N–C) groups is 1. The topological polar surface area (TPSA) is 126 Å². The molecule has 0 unspecified atom stereocenters. The molecule has 0 saturated carbocycles. The van der Waals surface area contributed by atoms with Crippen molar-refractivity contribution >= 4 is 29.8 Å². The summed E-state index contributed by atoms with van der Waals surface area (Å²) >= 11 is 0. The van der Waals surface area contributed by atoms with Gasteiger partial charge in [-0.3, -0.25) is 5.32 Å². The summed E-state index contributed by atoms with van der Waals surface area (Å²) in [6, 6.07) is 5.65. The molecule has 0 aliphatic rings. The van der Waals surface area contributed by atoms with Gasteiger partial charge in [0.05, 0.1) is 5.56 Å². The van der Waals surface area contributed by atoms with E-state index in [9.17, 15) is 14.4 Å². The maximum absolute atomic E-state index is 12.0. The molecule has 0 spiro atoms. The molecule has 9 heteroatoms. The average Bonchev–Trinajstić information content (AvgIpc) is 2.43. The summed E-state index contributed by atoms with van der Waals surface area (Å²) in [5, 5.41) is 14.0. The molecule has 148 valence electrons. The van der Waals surface area contributed by atoms with Crippen LogP contribution in [0.3, 0.4) is 0 Å². The lowest BCUT2D eigenvalue weighted by Gasteiger charge is -2.21. The predicted molar refractivity (Wildman–Crippen MR) is 100 cm³/mol. The van der Waals surface area contributed by atoms with Gasteiger partial charge in [-0.25, -0.2) is 14.4 Å². The van der Waals surface area contributed by atoms with Crippen LogP contribution in [-0.2, 0) is 9.47 Å². The van der Waals surface area contributed by atoms with Crippen molar-refractivity contribution in [1.29, 1.82) is 0 Å². The summed E-state index contributed by atoms with van der Waals surface area (Å²) in [4.78, 5) is 38.5. The number of nitrogens with zero attached hydrogens (tertiary/aromatic N) is 1. The van der Waals surface area contributed by atoms with Gasteiger partial charge in [-0.2, -0.15) is 0 Å². The van der Waals surface area contributed by atoms with E-state index in [0.717, 1.165) is 0 Å². The van der Waals surface area contributed by atoms with E-state index in [1.807, 2.05) is 0 Å². The molecule has 0 aliphatic carbocycles. The summed E-state index contributed by atoms with van der Waals surface area (Å²) in [6.45, 7) is 10.1. The van der Waals surface area contributed by atoms with E-state index in [2.05, 4.69) is 15.6 Å². The van der Waals surface area contributed by atoms with Crippen molar-refractivity contribution in [3.05, 3.63) is 29.8 Å². The first-order valence-electron chi connectivity index (χ1n) is 8.17. The minimum Gasteiger partial charge on any atom is -0.478 e. The second kappa shape index (κ2) is 8.52. The Morgan fingerprint density at radius 1 is 0.926 bits per heavy atom. The van der Waals surface area contributed by atoms with Crippen LogP contribution in [0, 0.1) is 0 Å². The largest absolute Gasteiger partial charge is 0.478 e. The summed E-state index contributed by atoms with van der Waals surface area (Å²) in [5.74, 6) is -1.29. The van der Waals surface area contributed by atoms with Crippen LogP contribution in [0.25, 0.3) is 0 Å². The smallest absolute Gasteiger partial charge is 0.437 e. The Morgan fingerprint density at radius 2 is 1.44 bits per heavy atom. The van der Waals surface area contributed by atoms with Crippen LogP contribution in [0.4, 0.5) is 15.3 Å². The molecule has 0 aliphatic heterocycles. The zero-order chi connectivity index (χ0) is 20.8. The van der Waals surface area contributed by atoms with Crippen molar-refractivity contribution in [2.24, 2.45) is 4.99 Å². The van der Waals surface area contributed by atoms with Crippen molar-refractivity contribution < 1.29 is 29.0 Å². The van der Waals surface area contributed by atoms with Gasteiger partial charge in [0.2, 0.25) is 5.96 Å². The van der Waals surface area contributed by atoms with Crippen LogP contribution < -0.4 is 10.6 Å². The van der Waals surface area contributed by atoms with E-state index in [1.165, 1.54) is 24.3 Å². The highest BCUT2D eigenvalue weighted by molar-refractivity contribution is 6.06. The third-order valence-corrected chi connectivity index (χ3v) is 2.61. The zero-order valence-corrected chi connectivity index (χ0v) is 16.2. The molecule has 0 bridgehead atoms. The number of rotatable bonds is 2. The molecule has 0 fully saturated rings. The number of ether oxygens (including phenoxy) is 2. The number of anilines is 1. The van der Waals surface area contributed by atoms with Crippen molar-refractivity contribution in [1.82, 2.24) is 5.32 Å². The quantitative estimate of drug-likeness (QED) is 0.529. The van der Waals surface area contributed by atoms with Crippen molar-refractivity contribution in [3.8, 4) is 0 Å². The monoisotopic (exact) mass is 379 g/mol. The van der Waals surface area contributed by atoms with Gasteiger partial charge in [0.1, 0.15) is 11.2 Å². The Bertz CT molecular complexity index is 727. The van der Waals surface area contributed by atoms with E-state index in [1.54, 1.807) is 41.5 Å². The molecule has 0 aromatic heterocycles. The van der Waals surface area contributed by atoms with E-state index < -0.39 is 29.4 Å². The molecular formula is C18H25N3O6. The molecule has 1 aromatic carbocycles. The van der Waals surface area contributed by atoms with E-state index >= 15 is 0 Å². The molecule has 0 atom stereocenters. The third kappa shape index (κ3) is 9.24. The number of guanidine groups is 1. The van der Waals surface area contributed by atoms with E-state index in [0.29, 0.717) is 5.69 Å². The number of aromatic carboxylic acids is 1. The van der Waals surface area contributed by atoms with Gasteiger partial charge < -0.3 is 19.9 Å². The molecule has 0 radical (unpaired) electrons. The van der Waals surface area contributed by atoms with Crippen LogP contribution in [0.5, 0.6) is 0 Å². The SMILES string of the molecule is CC(C)(C)OC(=O)N=C(NC(=O)OC(C)(C)C)Nc1ccc(C(=O)O)cc1. The number of carboxylic acids is 1. The highest BCUT2D eigenvalue weighted by Gasteiger charge is 2.20. The van der Waals surface area contributed by atoms with Crippen molar-refractivity contribution in [2.45, 2.75) is 52.7 Å². The Kier molecular flexibility index (Phi) is 6.93. The maximum Gasteiger partial charge on any atom is 0.437 e. The lowest BCUT2D eigenvalue weighted by Crippen LogP contribution is -2.40. The Hall–Kier alpha value is -3.10. The Labute approximate surface area is 157 Å². The first kappa shape index (κ1) is 21.9. The fourth-order valence-electron chi connectivity index (χ4n) is 1.70. The second-order valence-electron chi connectivity index (χ2n) is 7.58. The normalized spacial score (nSPS) is 12.1. The van der Waals surface area contributed by atoms with Gasteiger partial charge in [0, 0.05) is 5.69 Å². The highest BCUT2D eigenvalue weighted by Crippen LogP contribution is 2.12. The number of hydrogen-bond donors (Lipinski definition) is 3. The van der Waals surface area contributed by atoms with Crippen LogP contribution in [0.2, 0.25) is 0 Å². The summed E-state index contributed by atoms with van der Waals surface area (Å²) < 4.78 is 10.2. The highest BCUT2D eigenvalue weighted by atomic mass is 16.6. The minimum atomic E-state index is -1.07. The standard InChI is InChI=1S/C18H25N3O6/c1-17(2,3)26-15(24)20-14(21-16(25)27-18(4,5)6)19-12-9-7-11(8-10-12)13(22)23/h7-10H,1-6H3,(H,22,23)(H2,19,20,21,24,25). The van der Waals surface area contributed by atoms with Gasteiger partial charge in [-0.05, 0) is 65.8 Å². The van der Waals surface area contributed by atoms with Crippen LogP contribution >= 0.6 is 0 Å². The fraction of sp³-hybridized carbons (Fsp3) is 0.444. The van der Waals surface area contributed by atoms with E-state index in [-0.39, 0.29) is 11.5 Å². The molecule has 1 rings (SSSR count). The predicted octanol–water partition coefficient (Wildman–Crippen LogP) is 3.61. The van der Waals surface area contributed by atoms with Crippen molar-refractivity contribution in [3.63, 3.8) is 0 Å². The number of nitrogens with one attached hydrogen (secondary N) is 2. The molecule has 27 heavy (non-hydrogen) atoms. The number of carbonyl (C=O) groups is 3. The number of carboxylic acid groups (broad SMARTS) is 1. The molecule has 0 saturated heterocycles. The first-order valence-corrected chi connectivity index (χ1v) is 8.17. The second-order valence-corrected chi connectivity index (χ2v) is 7.58. The lowest BCUT2D eigenvalue weighted by molar-refractivity contribution is 0.0561. The van der Waals surface area contributed by atoms with Gasteiger partial charge >= 0.3 is 18.2 Å². The van der Waals surface area contributed by atoms with Crippen LogP contribution in [0.1, 0.15) is 51.9 Å². The van der Waals surface area contributed by atoms with Gasteiger partial charge in [-0.1, -0.05) is 0 Å². The zero-order valence-electron chi connectivity index (χ0n) is 16.2. The van der Waals surface area contributed by atoms with Crippen LogP contribution in [0.15, 0.2) is 29.3 Å². The lowest BCUT2D eigenvalue weighted by atomic mass is 10.2. The van der Waals surface area contributed by atoms with Gasteiger partial charge in [0.15, 0.2) is 0 Å².